The minimum atomic E-state index is -0.0158. The average Bonchev–Trinajstić information content (AvgIpc) is 2.98. The van der Waals surface area contributed by atoms with Crippen molar-refractivity contribution < 1.29 is 4.84 Å². The van der Waals surface area contributed by atoms with Gasteiger partial charge in [0.25, 0.3) is 0 Å². The Balaban J connectivity index is 1.83. The summed E-state index contributed by atoms with van der Waals surface area (Å²) in [7, 11) is 0. The van der Waals surface area contributed by atoms with Crippen molar-refractivity contribution in [1.82, 2.24) is 4.98 Å². The third-order valence-electron chi connectivity index (χ3n) is 2.56. The molecule has 0 amide bonds. The minimum Gasteiger partial charge on any atom is -0.386 e. The maximum absolute atomic E-state index is 5.87. The zero-order valence-electron chi connectivity index (χ0n) is 9.14. The Kier molecular flexibility index (Phi) is 3.37. The number of benzene rings is 1. The second-order valence-electron chi connectivity index (χ2n) is 3.84. The van der Waals surface area contributed by atoms with Crippen LogP contribution in [0.3, 0.4) is 0 Å². The number of oxime groups is 1. The molecule has 3 nitrogen and oxygen atoms in total. The summed E-state index contributed by atoms with van der Waals surface area (Å²) in [6.07, 6.45) is 2.60. The number of hydrogen-bond donors (Lipinski definition) is 0. The van der Waals surface area contributed by atoms with E-state index in [1.807, 2.05) is 30.5 Å². The Labute approximate surface area is 122 Å². The molecule has 0 aliphatic carbocycles. The maximum atomic E-state index is 5.87. The van der Waals surface area contributed by atoms with Crippen molar-refractivity contribution in [3.05, 3.63) is 40.4 Å². The van der Waals surface area contributed by atoms with Gasteiger partial charge in [-0.1, -0.05) is 28.9 Å². The monoisotopic (exact) mass is 342 g/mol. The molecular formula is C12H8BrClN2OS. The molecule has 1 aliphatic rings. The first-order valence-electron chi connectivity index (χ1n) is 5.32. The summed E-state index contributed by atoms with van der Waals surface area (Å²) in [4.78, 5) is 10.8. The Hall–Kier alpha value is -0.910. The lowest BCUT2D eigenvalue weighted by molar-refractivity contribution is 0.0882. The topological polar surface area (TPSA) is 34.5 Å². The van der Waals surface area contributed by atoms with E-state index >= 15 is 0 Å². The first-order chi connectivity index (χ1) is 8.72. The molecule has 0 fully saturated rings. The Morgan fingerprint density at radius 2 is 2.11 bits per heavy atom. The highest BCUT2D eigenvalue weighted by Gasteiger charge is 2.23. The molecular weight excluding hydrogens is 336 g/mol. The van der Waals surface area contributed by atoms with Gasteiger partial charge in [0.05, 0.1) is 4.88 Å². The highest BCUT2D eigenvalue weighted by molar-refractivity contribution is 9.18. The van der Waals surface area contributed by atoms with Gasteiger partial charge in [-0.15, -0.1) is 11.3 Å². The smallest absolute Gasteiger partial charge is 0.169 e. The van der Waals surface area contributed by atoms with E-state index < -0.39 is 0 Å². The molecule has 2 heterocycles. The van der Waals surface area contributed by atoms with E-state index in [-0.39, 0.29) is 6.10 Å². The van der Waals surface area contributed by atoms with E-state index in [0.29, 0.717) is 0 Å². The Morgan fingerprint density at radius 3 is 2.78 bits per heavy atom. The summed E-state index contributed by atoms with van der Waals surface area (Å²) in [5.74, 6) is 0. The second kappa shape index (κ2) is 4.99. The van der Waals surface area contributed by atoms with Gasteiger partial charge in [-0.3, -0.25) is 0 Å². The van der Waals surface area contributed by atoms with Crippen LogP contribution in [0.25, 0.3) is 10.6 Å². The zero-order chi connectivity index (χ0) is 12.5. The molecule has 0 spiro atoms. The molecule has 2 aromatic rings. The van der Waals surface area contributed by atoms with Crippen LogP contribution in [0.15, 0.2) is 35.6 Å². The van der Waals surface area contributed by atoms with Crippen molar-refractivity contribution in [3.63, 3.8) is 0 Å². The van der Waals surface area contributed by atoms with Crippen LogP contribution in [-0.4, -0.2) is 9.60 Å². The van der Waals surface area contributed by atoms with Crippen LogP contribution in [-0.2, 0) is 4.84 Å². The second-order valence-corrected chi connectivity index (χ2v) is 6.25. The molecule has 0 bridgehead atoms. The van der Waals surface area contributed by atoms with Gasteiger partial charge in [0.15, 0.2) is 6.10 Å². The maximum Gasteiger partial charge on any atom is 0.169 e. The molecule has 1 aliphatic heterocycles. The number of rotatable bonds is 2. The van der Waals surface area contributed by atoms with E-state index in [0.717, 1.165) is 31.5 Å². The van der Waals surface area contributed by atoms with Gasteiger partial charge >= 0.3 is 0 Å². The predicted molar refractivity (Wildman–Crippen MR) is 77.4 cm³/mol. The van der Waals surface area contributed by atoms with Gasteiger partial charge in [-0.25, -0.2) is 4.98 Å². The molecule has 0 saturated carbocycles. The molecule has 1 atom stereocenters. The summed E-state index contributed by atoms with van der Waals surface area (Å²) < 4.78 is 0.842. The van der Waals surface area contributed by atoms with Gasteiger partial charge in [0.2, 0.25) is 0 Å². The average molecular weight is 344 g/mol. The fraction of sp³-hybridized carbons (Fsp3) is 0.167. The van der Waals surface area contributed by atoms with Gasteiger partial charge in [0.1, 0.15) is 9.63 Å². The largest absolute Gasteiger partial charge is 0.386 e. The molecule has 1 aromatic heterocycles. The summed E-state index contributed by atoms with van der Waals surface area (Å²) in [5.41, 5.74) is 1.06. The van der Waals surface area contributed by atoms with Crippen molar-refractivity contribution in [1.29, 1.82) is 0 Å². The van der Waals surface area contributed by atoms with Gasteiger partial charge in [0, 0.05) is 23.2 Å². The van der Waals surface area contributed by atoms with Crippen molar-refractivity contribution in [3.8, 4) is 10.6 Å². The summed E-state index contributed by atoms with van der Waals surface area (Å²) in [6.45, 7) is 0. The van der Waals surface area contributed by atoms with Crippen LogP contribution < -0.4 is 0 Å². The van der Waals surface area contributed by atoms with E-state index in [1.54, 1.807) is 11.3 Å². The van der Waals surface area contributed by atoms with Crippen molar-refractivity contribution in [2.45, 2.75) is 12.5 Å². The van der Waals surface area contributed by atoms with E-state index in [4.69, 9.17) is 16.4 Å². The first kappa shape index (κ1) is 12.1. The molecule has 0 radical (unpaired) electrons. The molecule has 0 saturated heterocycles. The molecule has 1 unspecified atom stereocenters. The van der Waals surface area contributed by atoms with Gasteiger partial charge in [-0.2, -0.15) is 0 Å². The van der Waals surface area contributed by atoms with Crippen molar-refractivity contribution in [2.24, 2.45) is 5.16 Å². The predicted octanol–water partition coefficient (Wildman–Crippen LogP) is 4.63. The Morgan fingerprint density at radius 1 is 1.33 bits per heavy atom. The van der Waals surface area contributed by atoms with Crippen LogP contribution in [0, 0.1) is 0 Å². The number of nitrogens with zero attached hydrogens (tertiary/aromatic N) is 2. The van der Waals surface area contributed by atoms with Crippen LogP contribution in [0.5, 0.6) is 0 Å². The molecule has 3 rings (SSSR count). The molecule has 1 aromatic carbocycles. The lowest BCUT2D eigenvalue weighted by Gasteiger charge is -2.02. The van der Waals surface area contributed by atoms with Crippen LogP contribution in [0.2, 0.25) is 5.02 Å². The molecule has 92 valence electrons. The van der Waals surface area contributed by atoms with Crippen molar-refractivity contribution >= 4 is 43.5 Å². The summed E-state index contributed by atoms with van der Waals surface area (Å²) >= 11 is 10.8. The highest BCUT2D eigenvalue weighted by Crippen LogP contribution is 2.35. The highest BCUT2D eigenvalue weighted by atomic mass is 79.9. The lowest BCUT2D eigenvalue weighted by Crippen LogP contribution is -1.92. The normalized spacial score (nSPS) is 18.6. The first-order valence-corrected chi connectivity index (χ1v) is 7.31. The minimum absolute atomic E-state index is 0.0158. The van der Waals surface area contributed by atoms with Gasteiger partial charge in [-0.05, 0) is 28.1 Å². The SMILES string of the molecule is Clc1ccc(-c2ncc(C3CC(Br)=NO3)s2)cc1. The Bertz CT molecular complexity index is 596. The van der Waals surface area contributed by atoms with E-state index in [1.165, 1.54) is 0 Å². The molecule has 0 N–H and O–H groups in total. The number of halogens is 2. The van der Waals surface area contributed by atoms with E-state index in [9.17, 15) is 0 Å². The number of aromatic nitrogens is 1. The van der Waals surface area contributed by atoms with Crippen LogP contribution in [0.4, 0.5) is 0 Å². The fourth-order valence-corrected chi connectivity index (χ4v) is 3.11. The summed E-state index contributed by atoms with van der Waals surface area (Å²) in [6, 6.07) is 7.66. The third kappa shape index (κ3) is 2.43. The van der Waals surface area contributed by atoms with Crippen LogP contribution in [0.1, 0.15) is 17.4 Å². The quantitative estimate of drug-likeness (QED) is 0.796. The number of thiazole rings is 1. The standard InChI is InChI=1S/C12H8BrClN2OS/c13-11-5-9(17-16-11)10-6-15-12(18-10)7-1-3-8(14)4-2-7/h1-4,6,9H,5H2. The van der Waals surface area contributed by atoms with Crippen LogP contribution >= 0.6 is 38.9 Å². The zero-order valence-corrected chi connectivity index (χ0v) is 12.3. The molecule has 18 heavy (non-hydrogen) atoms. The van der Waals surface area contributed by atoms with E-state index in [2.05, 4.69) is 26.1 Å². The lowest BCUT2D eigenvalue weighted by atomic mass is 10.2. The fourth-order valence-electron chi connectivity index (χ4n) is 1.66. The van der Waals surface area contributed by atoms with Gasteiger partial charge < -0.3 is 4.84 Å². The summed E-state index contributed by atoms with van der Waals surface area (Å²) in [5, 5.41) is 5.58. The number of hydrogen-bond acceptors (Lipinski definition) is 4. The van der Waals surface area contributed by atoms with Crippen molar-refractivity contribution in [2.75, 3.05) is 0 Å². The third-order valence-corrected chi connectivity index (χ3v) is 4.42. The molecule has 6 heteroatoms.